The van der Waals surface area contributed by atoms with Gasteiger partial charge < -0.3 is 20.2 Å². The Kier molecular flexibility index (Phi) is 3.31. The number of aromatic nitrogens is 1. The van der Waals surface area contributed by atoms with E-state index in [9.17, 15) is 10.1 Å². The van der Waals surface area contributed by atoms with Crippen LogP contribution in [-0.4, -0.2) is 29.2 Å². The molecule has 2 rings (SSSR count). The second-order valence-corrected chi connectivity index (χ2v) is 3.72. The lowest BCUT2D eigenvalue weighted by molar-refractivity contribution is -0.389. The molecule has 0 bridgehead atoms. The van der Waals surface area contributed by atoms with Gasteiger partial charge in [-0.3, -0.25) is 0 Å². The predicted octanol–water partition coefficient (Wildman–Crippen LogP) is 1.58. The molecule has 1 aliphatic heterocycles. The summed E-state index contributed by atoms with van der Waals surface area (Å²) in [5.41, 5.74) is 0.793. The van der Waals surface area contributed by atoms with Crippen LogP contribution >= 0.6 is 0 Å². The average Bonchev–Trinajstić information content (AvgIpc) is 2.31. The first-order valence-corrected chi connectivity index (χ1v) is 5.20. The zero-order valence-corrected chi connectivity index (χ0v) is 8.76. The molecule has 1 aromatic rings. The Hall–Kier alpha value is -1.69. The van der Waals surface area contributed by atoms with Gasteiger partial charge >= 0.3 is 5.82 Å². The molecule has 1 aromatic heterocycles. The summed E-state index contributed by atoms with van der Waals surface area (Å²) in [5.74, 6) is -0.134. The molecular weight excluding hydrogens is 210 g/mol. The van der Waals surface area contributed by atoms with Gasteiger partial charge in [0.05, 0.1) is 12.3 Å². The predicted molar refractivity (Wildman–Crippen MR) is 58.4 cm³/mol. The van der Waals surface area contributed by atoms with Crippen molar-refractivity contribution in [2.75, 3.05) is 18.5 Å². The first-order valence-electron chi connectivity index (χ1n) is 5.20. The highest BCUT2D eigenvalue weighted by Gasteiger charge is 2.14. The summed E-state index contributed by atoms with van der Waals surface area (Å²) in [6.07, 6.45) is 3.57. The molecule has 1 atom stereocenters. The summed E-state index contributed by atoms with van der Waals surface area (Å²) in [4.78, 5) is 13.6. The van der Waals surface area contributed by atoms with Gasteiger partial charge in [-0.25, -0.2) is 0 Å². The molecule has 0 amide bonds. The number of pyridine rings is 1. The van der Waals surface area contributed by atoms with E-state index >= 15 is 0 Å². The zero-order valence-electron chi connectivity index (χ0n) is 8.76. The van der Waals surface area contributed by atoms with Crippen LogP contribution in [0.2, 0.25) is 0 Å². The van der Waals surface area contributed by atoms with Crippen molar-refractivity contribution in [2.24, 2.45) is 0 Å². The molecule has 6 nitrogen and oxygen atoms in total. The van der Waals surface area contributed by atoms with Gasteiger partial charge in [-0.05, 0) is 28.8 Å². The van der Waals surface area contributed by atoms with E-state index in [1.807, 2.05) is 0 Å². The summed E-state index contributed by atoms with van der Waals surface area (Å²) in [6.45, 7) is 1.49. The molecule has 1 N–H and O–H groups in total. The minimum absolute atomic E-state index is 0.134. The zero-order chi connectivity index (χ0) is 11.4. The highest BCUT2D eigenvalue weighted by molar-refractivity contribution is 5.44. The number of nitro groups is 1. The van der Waals surface area contributed by atoms with Gasteiger partial charge in [0, 0.05) is 18.7 Å². The Morgan fingerprint density at radius 1 is 1.56 bits per heavy atom. The van der Waals surface area contributed by atoms with Crippen LogP contribution in [0.4, 0.5) is 11.5 Å². The van der Waals surface area contributed by atoms with Gasteiger partial charge in [-0.15, -0.1) is 0 Å². The standard InChI is InChI=1S/C10H13N3O3/c14-13(15)10-4-3-8(6-11-10)12-9-2-1-5-16-7-9/h3-4,6,9,12H,1-2,5,7H2. The lowest BCUT2D eigenvalue weighted by atomic mass is 10.1. The number of nitrogens with zero attached hydrogens (tertiary/aromatic N) is 2. The van der Waals surface area contributed by atoms with Gasteiger partial charge in [-0.2, -0.15) is 0 Å². The third-order valence-corrected chi connectivity index (χ3v) is 2.47. The minimum Gasteiger partial charge on any atom is -0.379 e. The van der Waals surface area contributed by atoms with Crippen LogP contribution < -0.4 is 5.32 Å². The molecule has 0 saturated carbocycles. The molecule has 1 fully saturated rings. The van der Waals surface area contributed by atoms with Crippen LogP contribution in [0.15, 0.2) is 18.3 Å². The molecule has 1 aliphatic rings. The van der Waals surface area contributed by atoms with Crippen molar-refractivity contribution in [3.05, 3.63) is 28.4 Å². The van der Waals surface area contributed by atoms with Crippen molar-refractivity contribution < 1.29 is 9.66 Å². The van der Waals surface area contributed by atoms with Crippen LogP contribution in [-0.2, 0) is 4.74 Å². The molecule has 0 spiro atoms. The second-order valence-electron chi connectivity index (χ2n) is 3.72. The molecular formula is C10H13N3O3. The van der Waals surface area contributed by atoms with Crippen LogP contribution in [0.3, 0.4) is 0 Å². The van der Waals surface area contributed by atoms with E-state index in [0.717, 1.165) is 25.1 Å². The molecule has 0 radical (unpaired) electrons. The van der Waals surface area contributed by atoms with Crippen molar-refractivity contribution in [3.8, 4) is 0 Å². The van der Waals surface area contributed by atoms with Gasteiger partial charge in [0.2, 0.25) is 0 Å². The lowest BCUT2D eigenvalue weighted by Crippen LogP contribution is -2.29. The molecule has 1 saturated heterocycles. The molecule has 0 aromatic carbocycles. The van der Waals surface area contributed by atoms with Crippen LogP contribution in [0.1, 0.15) is 12.8 Å². The summed E-state index contributed by atoms with van der Waals surface area (Å²) >= 11 is 0. The summed E-state index contributed by atoms with van der Waals surface area (Å²) in [7, 11) is 0. The minimum atomic E-state index is -0.506. The Bertz CT molecular complexity index is 360. The van der Waals surface area contributed by atoms with Crippen molar-refractivity contribution in [1.29, 1.82) is 0 Å². The molecule has 1 unspecified atom stereocenters. The van der Waals surface area contributed by atoms with Gasteiger partial charge in [0.15, 0.2) is 6.20 Å². The molecule has 86 valence electrons. The fourth-order valence-corrected chi connectivity index (χ4v) is 1.67. The molecule has 0 aliphatic carbocycles. The summed E-state index contributed by atoms with van der Waals surface area (Å²) in [5, 5.41) is 13.6. The van der Waals surface area contributed by atoms with E-state index in [4.69, 9.17) is 4.74 Å². The van der Waals surface area contributed by atoms with E-state index in [-0.39, 0.29) is 11.9 Å². The first kappa shape index (κ1) is 10.8. The smallest absolute Gasteiger partial charge is 0.363 e. The van der Waals surface area contributed by atoms with Gasteiger partial charge in [-0.1, -0.05) is 0 Å². The first-order chi connectivity index (χ1) is 7.75. The Morgan fingerprint density at radius 2 is 2.44 bits per heavy atom. The number of anilines is 1. The fourth-order valence-electron chi connectivity index (χ4n) is 1.67. The van der Waals surface area contributed by atoms with Crippen molar-refractivity contribution in [1.82, 2.24) is 4.98 Å². The SMILES string of the molecule is O=[N+]([O-])c1ccc(NC2CCCOC2)cn1. The maximum atomic E-state index is 10.4. The monoisotopic (exact) mass is 223 g/mol. The average molecular weight is 223 g/mol. The van der Waals surface area contributed by atoms with Crippen molar-refractivity contribution in [2.45, 2.75) is 18.9 Å². The molecule has 6 heteroatoms. The normalized spacial score (nSPS) is 20.4. The van der Waals surface area contributed by atoms with E-state index in [2.05, 4.69) is 10.3 Å². The number of rotatable bonds is 3. The number of hydrogen-bond acceptors (Lipinski definition) is 5. The van der Waals surface area contributed by atoms with Gasteiger partial charge in [0.1, 0.15) is 0 Å². The highest BCUT2D eigenvalue weighted by Crippen LogP contribution is 2.15. The number of nitrogens with one attached hydrogen (secondary N) is 1. The van der Waals surface area contributed by atoms with Crippen LogP contribution in [0, 0.1) is 10.1 Å². The lowest BCUT2D eigenvalue weighted by Gasteiger charge is -2.23. The Labute approximate surface area is 92.8 Å². The number of hydrogen-bond donors (Lipinski definition) is 1. The van der Waals surface area contributed by atoms with E-state index in [0.29, 0.717) is 6.61 Å². The quantitative estimate of drug-likeness (QED) is 0.621. The molecule has 16 heavy (non-hydrogen) atoms. The molecule has 2 heterocycles. The summed E-state index contributed by atoms with van der Waals surface area (Å²) < 4.78 is 5.33. The van der Waals surface area contributed by atoms with Crippen LogP contribution in [0.5, 0.6) is 0 Å². The van der Waals surface area contributed by atoms with E-state index < -0.39 is 4.92 Å². The third kappa shape index (κ3) is 2.66. The summed E-state index contributed by atoms with van der Waals surface area (Å²) in [6, 6.07) is 3.34. The van der Waals surface area contributed by atoms with Crippen molar-refractivity contribution >= 4 is 11.5 Å². The topological polar surface area (TPSA) is 77.3 Å². The maximum Gasteiger partial charge on any atom is 0.363 e. The van der Waals surface area contributed by atoms with Gasteiger partial charge in [0.25, 0.3) is 0 Å². The third-order valence-electron chi connectivity index (χ3n) is 2.47. The number of ether oxygens (including phenoxy) is 1. The van der Waals surface area contributed by atoms with E-state index in [1.165, 1.54) is 12.3 Å². The second kappa shape index (κ2) is 4.89. The van der Waals surface area contributed by atoms with Crippen molar-refractivity contribution in [3.63, 3.8) is 0 Å². The van der Waals surface area contributed by atoms with E-state index in [1.54, 1.807) is 6.07 Å². The largest absolute Gasteiger partial charge is 0.379 e. The highest BCUT2D eigenvalue weighted by atomic mass is 16.6. The maximum absolute atomic E-state index is 10.4. The fraction of sp³-hybridized carbons (Fsp3) is 0.500. The Balaban J connectivity index is 1.96. The van der Waals surface area contributed by atoms with Crippen LogP contribution in [0.25, 0.3) is 0 Å². The Morgan fingerprint density at radius 3 is 3.00 bits per heavy atom.